The Morgan fingerprint density at radius 3 is 1.31 bits per heavy atom. The molecule has 0 aromatic carbocycles. The first-order valence-electron chi connectivity index (χ1n) is 15.8. The summed E-state index contributed by atoms with van der Waals surface area (Å²) in [5.74, 6) is -2.57. The van der Waals surface area contributed by atoms with Gasteiger partial charge in [-0.2, -0.15) is 0 Å². The van der Waals surface area contributed by atoms with Crippen molar-refractivity contribution in [2.24, 2.45) is 0 Å². The van der Waals surface area contributed by atoms with Crippen LogP contribution in [0, 0.1) is 0 Å². The van der Waals surface area contributed by atoms with Crippen molar-refractivity contribution in [2.75, 3.05) is 13.2 Å². The van der Waals surface area contributed by atoms with Crippen molar-refractivity contribution >= 4 is 29.8 Å². The zero-order valence-electron chi connectivity index (χ0n) is 26.7. The van der Waals surface area contributed by atoms with Gasteiger partial charge in [0, 0.05) is 27.7 Å². The maximum Gasteiger partial charge on any atom is 0.309 e. The number of carbonyl (C=O) groups excluding carboxylic acids is 5. The van der Waals surface area contributed by atoms with Crippen LogP contribution in [0.1, 0.15) is 144 Å². The average molecular weight is 601 g/mol. The molecular weight excluding hydrogens is 544 g/mol. The minimum atomic E-state index is -0.930. The summed E-state index contributed by atoms with van der Waals surface area (Å²) in [6.45, 7) is 6.82. The van der Waals surface area contributed by atoms with E-state index in [1.807, 2.05) is 0 Å². The number of rotatable bonds is 26. The van der Waals surface area contributed by atoms with Crippen LogP contribution in [0.5, 0.6) is 0 Å². The fourth-order valence-corrected chi connectivity index (χ4v) is 4.71. The van der Waals surface area contributed by atoms with E-state index in [0.29, 0.717) is 19.3 Å². The monoisotopic (exact) mass is 600 g/mol. The van der Waals surface area contributed by atoms with Crippen LogP contribution in [0.2, 0.25) is 0 Å². The highest BCUT2D eigenvalue weighted by Crippen LogP contribution is 2.19. The third-order valence-corrected chi connectivity index (χ3v) is 6.73. The summed E-state index contributed by atoms with van der Waals surface area (Å²) < 4.78 is 25.9. The zero-order chi connectivity index (χ0) is 31.6. The molecule has 0 saturated carbocycles. The van der Waals surface area contributed by atoms with Gasteiger partial charge < -0.3 is 23.7 Å². The van der Waals surface area contributed by atoms with Crippen LogP contribution in [0.3, 0.4) is 0 Å². The van der Waals surface area contributed by atoms with Crippen molar-refractivity contribution in [1.29, 1.82) is 0 Å². The standard InChI is InChI=1S/C32H56O10/c1-6-7-8-9-10-11-12-13-14-15-16-19-29(40-26(3)34)20-17-18-21-30(41-27(4)35)22-32(37)39-24-31(42-28(5)36)23-38-25(2)33/h29-31H,6-24H2,1-5H3. The van der Waals surface area contributed by atoms with Crippen LogP contribution in [0.25, 0.3) is 0 Å². The molecule has 0 rings (SSSR count). The minimum absolute atomic E-state index is 0.145. The molecule has 0 N–H and O–H groups in total. The van der Waals surface area contributed by atoms with Crippen LogP contribution in [-0.2, 0) is 47.7 Å². The predicted molar refractivity (Wildman–Crippen MR) is 158 cm³/mol. The molecule has 10 nitrogen and oxygen atoms in total. The van der Waals surface area contributed by atoms with E-state index in [2.05, 4.69) is 6.92 Å². The Labute approximate surface area is 252 Å². The second-order valence-electron chi connectivity index (χ2n) is 11.0. The molecule has 10 heteroatoms. The van der Waals surface area contributed by atoms with Gasteiger partial charge in [0.15, 0.2) is 6.10 Å². The Morgan fingerprint density at radius 2 is 0.833 bits per heavy atom. The maximum absolute atomic E-state index is 12.4. The number of carbonyl (C=O) groups is 5. The topological polar surface area (TPSA) is 132 Å². The van der Waals surface area contributed by atoms with Crippen molar-refractivity contribution in [3.05, 3.63) is 0 Å². The van der Waals surface area contributed by atoms with Crippen molar-refractivity contribution < 1.29 is 47.7 Å². The van der Waals surface area contributed by atoms with E-state index in [1.165, 1.54) is 85.5 Å². The van der Waals surface area contributed by atoms with Crippen molar-refractivity contribution in [2.45, 2.75) is 162 Å². The first-order valence-corrected chi connectivity index (χ1v) is 15.8. The molecule has 0 saturated heterocycles. The highest BCUT2D eigenvalue weighted by molar-refractivity contribution is 5.71. The van der Waals surface area contributed by atoms with Gasteiger partial charge in [-0.25, -0.2) is 0 Å². The Morgan fingerprint density at radius 1 is 0.452 bits per heavy atom. The normalized spacial score (nSPS) is 13.0. The SMILES string of the molecule is CCCCCCCCCCCCCC(CCCCC(CC(=O)OCC(COC(C)=O)OC(C)=O)OC(C)=O)OC(C)=O. The predicted octanol–water partition coefficient (Wildman–Crippen LogP) is 6.54. The fraction of sp³-hybridized carbons (Fsp3) is 0.844. The number of unbranched alkanes of at least 4 members (excludes halogenated alkanes) is 11. The summed E-state index contributed by atoms with van der Waals surface area (Å²) in [5, 5.41) is 0. The molecular formula is C32H56O10. The van der Waals surface area contributed by atoms with Crippen molar-refractivity contribution in [3.63, 3.8) is 0 Å². The lowest BCUT2D eigenvalue weighted by molar-refractivity contribution is -0.166. The number of hydrogen-bond donors (Lipinski definition) is 0. The minimum Gasteiger partial charge on any atom is -0.463 e. The second kappa shape index (κ2) is 26.0. The van der Waals surface area contributed by atoms with E-state index in [0.717, 1.165) is 25.7 Å². The molecule has 0 aromatic rings. The molecule has 0 bridgehead atoms. The third kappa shape index (κ3) is 26.3. The molecule has 0 heterocycles. The molecule has 3 unspecified atom stereocenters. The number of hydrogen-bond acceptors (Lipinski definition) is 10. The number of ether oxygens (including phenoxy) is 5. The van der Waals surface area contributed by atoms with Gasteiger partial charge in [0.05, 0.1) is 6.42 Å². The summed E-state index contributed by atoms with van der Waals surface area (Å²) in [5.41, 5.74) is 0. The highest BCUT2D eigenvalue weighted by Gasteiger charge is 2.21. The van der Waals surface area contributed by atoms with Crippen molar-refractivity contribution in [1.82, 2.24) is 0 Å². The van der Waals surface area contributed by atoms with E-state index >= 15 is 0 Å². The summed E-state index contributed by atoms with van der Waals surface area (Å²) >= 11 is 0. The van der Waals surface area contributed by atoms with E-state index in [1.54, 1.807) is 0 Å². The van der Waals surface area contributed by atoms with E-state index < -0.39 is 36.1 Å². The molecule has 0 fully saturated rings. The Bertz CT molecular complexity index is 766. The molecule has 3 atom stereocenters. The lowest BCUT2D eigenvalue weighted by Gasteiger charge is -2.20. The number of esters is 5. The lowest BCUT2D eigenvalue weighted by atomic mass is 10.0. The van der Waals surface area contributed by atoms with Crippen LogP contribution in [0.15, 0.2) is 0 Å². The molecule has 0 aliphatic rings. The molecule has 0 aromatic heterocycles. The maximum atomic E-state index is 12.4. The lowest BCUT2D eigenvalue weighted by Crippen LogP contribution is -2.31. The van der Waals surface area contributed by atoms with E-state index in [4.69, 9.17) is 23.7 Å². The van der Waals surface area contributed by atoms with Crippen LogP contribution in [0.4, 0.5) is 0 Å². The van der Waals surface area contributed by atoms with Gasteiger partial charge in [-0.3, -0.25) is 24.0 Å². The quantitative estimate of drug-likeness (QED) is 0.0612. The van der Waals surface area contributed by atoms with Gasteiger partial charge in [-0.1, -0.05) is 71.1 Å². The molecule has 0 radical (unpaired) electrons. The van der Waals surface area contributed by atoms with Crippen LogP contribution < -0.4 is 0 Å². The molecule has 0 amide bonds. The zero-order valence-corrected chi connectivity index (χ0v) is 26.7. The third-order valence-electron chi connectivity index (χ3n) is 6.73. The molecule has 244 valence electrons. The Kier molecular flexibility index (Phi) is 24.4. The van der Waals surface area contributed by atoms with Gasteiger partial charge in [0.1, 0.15) is 25.4 Å². The van der Waals surface area contributed by atoms with Crippen LogP contribution in [-0.4, -0.2) is 61.4 Å². The first kappa shape index (κ1) is 39.4. The van der Waals surface area contributed by atoms with Gasteiger partial charge in [0.2, 0.25) is 0 Å². The highest BCUT2D eigenvalue weighted by atomic mass is 16.6. The summed E-state index contributed by atoms with van der Waals surface area (Å²) in [6.07, 6.45) is 15.3. The van der Waals surface area contributed by atoms with Gasteiger partial charge in [-0.05, 0) is 38.5 Å². The van der Waals surface area contributed by atoms with E-state index in [9.17, 15) is 24.0 Å². The second-order valence-corrected chi connectivity index (χ2v) is 11.0. The molecule has 0 aliphatic carbocycles. The van der Waals surface area contributed by atoms with E-state index in [-0.39, 0.29) is 31.7 Å². The Hall–Kier alpha value is -2.65. The first-order chi connectivity index (χ1) is 20.0. The summed E-state index contributed by atoms with van der Waals surface area (Å²) in [4.78, 5) is 57.9. The smallest absolute Gasteiger partial charge is 0.309 e. The van der Waals surface area contributed by atoms with Gasteiger partial charge in [0.25, 0.3) is 0 Å². The summed E-state index contributed by atoms with van der Waals surface area (Å²) in [6, 6.07) is 0. The van der Waals surface area contributed by atoms with Crippen molar-refractivity contribution in [3.8, 4) is 0 Å². The molecule has 0 aliphatic heterocycles. The summed E-state index contributed by atoms with van der Waals surface area (Å²) in [7, 11) is 0. The average Bonchev–Trinajstić information content (AvgIpc) is 2.90. The molecule has 0 spiro atoms. The molecule has 42 heavy (non-hydrogen) atoms. The van der Waals surface area contributed by atoms with Gasteiger partial charge in [-0.15, -0.1) is 0 Å². The van der Waals surface area contributed by atoms with Gasteiger partial charge >= 0.3 is 29.8 Å². The fourth-order valence-electron chi connectivity index (χ4n) is 4.71. The largest absolute Gasteiger partial charge is 0.463 e. The Balaban J connectivity index is 4.44. The van der Waals surface area contributed by atoms with Crippen LogP contribution >= 0.6 is 0 Å².